The third-order valence-corrected chi connectivity index (χ3v) is 1.41. The summed E-state index contributed by atoms with van der Waals surface area (Å²) in [5.41, 5.74) is 11.5. The zero-order valence-electron chi connectivity index (χ0n) is 7.83. The Hall–Kier alpha value is -0.860. The Bertz CT molecular complexity index is 182. The van der Waals surface area contributed by atoms with Gasteiger partial charge in [0.15, 0.2) is 0 Å². The van der Waals surface area contributed by atoms with Crippen LogP contribution in [-0.4, -0.2) is 6.17 Å². The molecular formula is C10H18N2. The largest absolute Gasteiger partial charge is 0.316 e. The molecule has 1 rings (SSSR count). The van der Waals surface area contributed by atoms with E-state index in [1.165, 1.54) is 5.56 Å². The molecule has 0 saturated carbocycles. The SMILES string of the molecule is CCC(N)N.Cc1ccccc1. The van der Waals surface area contributed by atoms with Crippen molar-refractivity contribution in [2.75, 3.05) is 0 Å². The number of benzene rings is 1. The minimum absolute atomic E-state index is 0.116. The third kappa shape index (κ3) is 7.25. The smallest absolute Gasteiger partial charge is 0.0518 e. The maximum atomic E-state index is 5.07. The summed E-state index contributed by atoms with van der Waals surface area (Å²) in [4.78, 5) is 0. The van der Waals surface area contributed by atoms with E-state index in [0.717, 1.165) is 6.42 Å². The van der Waals surface area contributed by atoms with E-state index in [1.54, 1.807) is 0 Å². The van der Waals surface area contributed by atoms with Crippen LogP contribution in [0.4, 0.5) is 0 Å². The lowest BCUT2D eigenvalue weighted by Gasteiger charge is -1.92. The summed E-state index contributed by atoms with van der Waals surface area (Å²) in [6, 6.07) is 10.3. The van der Waals surface area contributed by atoms with Crippen molar-refractivity contribution in [1.29, 1.82) is 0 Å². The summed E-state index contributed by atoms with van der Waals surface area (Å²) < 4.78 is 0. The molecule has 0 atom stereocenters. The molecule has 0 aliphatic carbocycles. The first kappa shape index (κ1) is 11.1. The first-order valence-electron chi connectivity index (χ1n) is 4.19. The van der Waals surface area contributed by atoms with Crippen molar-refractivity contribution >= 4 is 0 Å². The van der Waals surface area contributed by atoms with Crippen LogP contribution in [0.1, 0.15) is 18.9 Å². The number of nitrogens with two attached hydrogens (primary N) is 2. The molecule has 0 heterocycles. The highest BCUT2D eigenvalue weighted by atomic mass is 14.8. The second kappa shape index (κ2) is 6.83. The second-order valence-corrected chi connectivity index (χ2v) is 2.73. The van der Waals surface area contributed by atoms with Crippen LogP contribution >= 0.6 is 0 Å². The monoisotopic (exact) mass is 166 g/mol. The topological polar surface area (TPSA) is 52.0 Å². The molecule has 0 bridgehead atoms. The molecule has 0 amide bonds. The van der Waals surface area contributed by atoms with Gasteiger partial charge in [-0.2, -0.15) is 0 Å². The average Bonchev–Trinajstić information content (AvgIpc) is 2.07. The Labute approximate surface area is 74.6 Å². The van der Waals surface area contributed by atoms with Gasteiger partial charge >= 0.3 is 0 Å². The lowest BCUT2D eigenvalue weighted by Crippen LogP contribution is -2.28. The van der Waals surface area contributed by atoms with Crippen LogP contribution in [0, 0.1) is 6.92 Å². The zero-order chi connectivity index (χ0) is 9.40. The molecule has 1 aromatic rings. The lowest BCUT2D eigenvalue weighted by molar-refractivity contribution is 0.682. The van der Waals surface area contributed by atoms with Crippen molar-refractivity contribution in [2.45, 2.75) is 26.4 Å². The molecule has 12 heavy (non-hydrogen) atoms. The van der Waals surface area contributed by atoms with E-state index in [4.69, 9.17) is 11.5 Å². The highest BCUT2D eigenvalue weighted by molar-refractivity contribution is 5.11. The summed E-state index contributed by atoms with van der Waals surface area (Å²) >= 11 is 0. The van der Waals surface area contributed by atoms with Crippen LogP contribution in [0.2, 0.25) is 0 Å². The molecule has 2 nitrogen and oxygen atoms in total. The summed E-state index contributed by atoms with van der Waals surface area (Å²) in [7, 11) is 0. The molecule has 0 aromatic heterocycles. The van der Waals surface area contributed by atoms with Crippen molar-refractivity contribution in [3.63, 3.8) is 0 Å². The minimum Gasteiger partial charge on any atom is -0.316 e. The van der Waals surface area contributed by atoms with Crippen molar-refractivity contribution < 1.29 is 0 Å². The molecule has 0 aliphatic rings. The number of aryl methyl sites for hydroxylation is 1. The lowest BCUT2D eigenvalue weighted by atomic mass is 10.2. The minimum atomic E-state index is -0.116. The van der Waals surface area contributed by atoms with E-state index in [0.29, 0.717) is 0 Å². The molecule has 0 radical (unpaired) electrons. The summed E-state index contributed by atoms with van der Waals surface area (Å²) in [5.74, 6) is 0. The Balaban J connectivity index is 0.000000217. The molecular weight excluding hydrogens is 148 g/mol. The van der Waals surface area contributed by atoms with Gasteiger partial charge in [0.2, 0.25) is 0 Å². The Morgan fingerprint density at radius 3 is 1.75 bits per heavy atom. The van der Waals surface area contributed by atoms with Gasteiger partial charge in [0, 0.05) is 0 Å². The number of rotatable bonds is 1. The molecule has 0 unspecified atom stereocenters. The second-order valence-electron chi connectivity index (χ2n) is 2.73. The Kier molecular flexibility index (Phi) is 6.34. The molecule has 0 aliphatic heterocycles. The molecule has 68 valence electrons. The van der Waals surface area contributed by atoms with Gasteiger partial charge < -0.3 is 11.5 Å². The van der Waals surface area contributed by atoms with E-state index < -0.39 is 0 Å². The first-order valence-corrected chi connectivity index (χ1v) is 4.19. The molecule has 1 aromatic carbocycles. The van der Waals surface area contributed by atoms with E-state index >= 15 is 0 Å². The maximum Gasteiger partial charge on any atom is 0.0518 e. The normalized spacial score (nSPS) is 9.08. The van der Waals surface area contributed by atoms with Crippen molar-refractivity contribution in [2.24, 2.45) is 11.5 Å². The highest BCUT2D eigenvalue weighted by Gasteiger charge is 1.79. The summed E-state index contributed by atoms with van der Waals surface area (Å²) in [5, 5.41) is 0. The fraction of sp³-hybridized carbons (Fsp3) is 0.400. The quantitative estimate of drug-likeness (QED) is 0.623. The van der Waals surface area contributed by atoms with Crippen LogP contribution in [-0.2, 0) is 0 Å². The van der Waals surface area contributed by atoms with E-state index in [9.17, 15) is 0 Å². The fourth-order valence-electron chi connectivity index (χ4n) is 0.534. The zero-order valence-corrected chi connectivity index (χ0v) is 7.83. The van der Waals surface area contributed by atoms with E-state index in [1.807, 2.05) is 25.1 Å². The van der Waals surface area contributed by atoms with Gasteiger partial charge in [0.25, 0.3) is 0 Å². The van der Waals surface area contributed by atoms with E-state index in [-0.39, 0.29) is 6.17 Å². The average molecular weight is 166 g/mol. The molecule has 0 saturated heterocycles. The number of hydrogen-bond donors (Lipinski definition) is 2. The van der Waals surface area contributed by atoms with Gasteiger partial charge in [0.05, 0.1) is 6.17 Å². The van der Waals surface area contributed by atoms with Crippen LogP contribution in [0.15, 0.2) is 30.3 Å². The van der Waals surface area contributed by atoms with Crippen LogP contribution in [0.3, 0.4) is 0 Å². The van der Waals surface area contributed by atoms with Crippen molar-refractivity contribution in [3.05, 3.63) is 35.9 Å². The Morgan fingerprint density at radius 1 is 1.17 bits per heavy atom. The van der Waals surface area contributed by atoms with E-state index in [2.05, 4.69) is 19.1 Å². The van der Waals surface area contributed by atoms with Gasteiger partial charge in [-0.1, -0.05) is 42.8 Å². The van der Waals surface area contributed by atoms with Crippen LogP contribution in [0.5, 0.6) is 0 Å². The van der Waals surface area contributed by atoms with Crippen molar-refractivity contribution in [3.8, 4) is 0 Å². The molecule has 2 heteroatoms. The fourth-order valence-corrected chi connectivity index (χ4v) is 0.534. The van der Waals surface area contributed by atoms with Gasteiger partial charge in [0.1, 0.15) is 0 Å². The predicted octanol–water partition coefficient (Wildman–Crippen LogP) is 1.63. The van der Waals surface area contributed by atoms with Gasteiger partial charge in [-0.15, -0.1) is 0 Å². The van der Waals surface area contributed by atoms with Gasteiger partial charge in [-0.3, -0.25) is 0 Å². The summed E-state index contributed by atoms with van der Waals surface area (Å²) in [6.45, 7) is 4.03. The highest BCUT2D eigenvalue weighted by Crippen LogP contribution is 1.92. The molecule has 0 spiro atoms. The molecule has 4 N–H and O–H groups in total. The first-order chi connectivity index (χ1) is 5.66. The van der Waals surface area contributed by atoms with Crippen molar-refractivity contribution in [1.82, 2.24) is 0 Å². The van der Waals surface area contributed by atoms with Gasteiger partial charge in [-0.05, 0) is 13.3 Å². The Morgan fingerprint density at radius 2 is 1.58 bits per heavy atom. The summed E-state index contributed by atoms with van der Waals surface area (Å²) in [6.07, 6.45) is 0.745. The number of hydrogen-bond acceptors (Lipinski definition) is 2. The van der Waals surface area contributed by atoms with Crippen LogP contribution < -0.4 is 11.5 Å². The van der Waals surface area contributed by atoms with Gasteiger partial charge in [-0.25, -0.2) is 0 Å². The van der Waals surface area contributed by atoms with Crippen LogP contribution in [0.25, 0.3) is 0 Å². The standard InChI is InChI=1S/C7H8.C3H10N2/c1-7-5-3-2-4-6-7;1-2-3(4)5/h2-6H,1H3;3H,2,4-5H2,1H3. The molecule has 0 fully saturated rings. The predicted molar refractivity (Wildman–Crippen MR) is 53.6 cm³/mol. The third-order valence-electron chi connectivity index (χ3n) is 1.41. The maximum absolute atomic E-state index is 5.07.